The van der Waals surface area contributed by atoms with Gasteiger partial charge in [0.05, 0.1) is 13.0 Å². The molecule has 3 amide bonds. The monoisotopic (exact) mass is 778 g/mol. The van der Waals surface area contributed by atoms with E-state index in [1.807, 2.05) is 79.7 Å². The number of amides is 3. The third-order valence-electron chi connectivity index (χ3n) is 9.53. The molecule has 4 aromatic rings. The molecule has 0 radical (unpaired) electrons. The fraction of sp³-hybridized carbons (Fsp3) is 0.422. The Bertz CT molecular complexity index is 1890. The lowest BCUT2D eigenvalue weighted by atomic mass is 9.86. The summed E-state index contributed by atoms with van der Waals surface area (Å²) in [6, 6.07) is 19.7. The quantitative estimate of drug-likeness (QED) is 0.0698. The van der Waals surface area contributed by atoms with E-state index in [-0.39, 0.29) is 11.8 Å². The predicted molar refractivity (Wildman–Crippen MR) is 223 cm³/mol. The molecular formula is C45H58N6O6. The van der Waals surface area contributed by atoms with Crippen LogP contribution >= 0.6 is 0 Å². The maximum atomic E-state index is 13.7. The molecule has 0 bridgehead atoms. The third kappa shape index (κ3) is 14.4. The summed E-state index contributed by atoms with van der Waals surface area (Å²) in [5.41, 5.74) is 4.57. The van der Waals surface area contributed by atoms with Gasteiger partial charge in [0, 0.05) is 48.6 Å². The predicted octanol–water partition coefficient (Wildman–Crippen LogP) is 6.44. The van der Waals surface area contributed by atoms with Crippen LogP contribution in [0, 0.1) is 0 Å². The maximum absolute atomic E-state index is 13.7. The van der Waals surface area contributed by atoms with Gasteiger partial charge in [-0.05, 0) is 66.9 Å². The van der Waals surface area contributed by atoms with Crippen LogP contribution in [0.2, 0.25) is 0 Å². The number of carbonyl (C=O) groups is 4. The van der Waals surface area contributed by atoms with Crippen LogP contribution in [-0.4, -0.2) is 89.5 Å². The van der Waals surface area contributed by atoms with Crippen molar-refractivity contribution < 1.29 is 29.0 Å². The van der Waals surface area contributed by atoms with E-state index in [9.17, 15) is 24.3 Å². The molecule has 12 heteroatoms. The summed E-state index contributed by atoms with van der Waals surface area (Å²) in [4.78, 5) is 62.9. The van der Waals surface area contributed by atoms with Gasteiger partial charge in [0.25, 0.3) is 5.91 Å². The molecular weight excluding hydrogens is 721 g/mol. The Morgan fingerprint density at radius 3 is 2.00 bits per heavy atom. The number of nitrogens with zero attached hydrogens (tertiary/aromatic N) is 3. The van der Waals surface area contributed by atoms with Crippen molar-refractivity contribution in [3.63, 3.8) is 0 Å². The highest BCUT2D eigenvalue weighted by Crippen LogP contribution is 2.25. The first-order valence-corrected chi connectivity index (χ1v) is 19.7. The highest BCUT2D eigenvalue weighted by atomic mass is 16.5. The Morgan fingerprint density at radius 2 is 1.40 bits per heavy atom. The van der Waals surface area contributed by atoms with Crippen LogP contribution in [0.25, 0.3) is 22.5 Å². The second-order valence-corrected chi connectivity index (χ2v) is 15.6. The average molecular weight is 779 g/mol. The molecule has 1 heterocycles. The topological polar surface area (TPSA) is 163 Å². The lowest BCUT2D eigenvalue weighted by Crippen LogP contribution is -2.53. The fourth-order valence-electron chi connectivity index (χ4n) is 6.01. The minimum absolute atomic E-state index is 0.0532. The van der Waals surface area contributed by atoms with Gasteiger partial charge in [-0.25, -0.2) is 14.8 Å². The van der Waals surface area contributed by atoms with Gasteiger partial charge in [0.15, 0.2) is 5.82 Å². The van der Waals surface area contributed by atoms with Crippen molar-refractivity contribution >= 4 is 23.7 Å². The summed E-state index contributed by atoms with van der Waals surface area (Å²) in [6.07, 6.45) is 9.07. The van der Waals surface area contributed by atoms with Crippen LogP contribution in [0.1, 0.15) is 87.7 Å². The van der Waals surface area contributed by atoms with E-state index in [2.05, 4.69) is 53.6 Å². The lowest BCUT2D eigenvalue weighted by Gasteiger charge is -2.22. The number of nitrogens with one attached hydrogen (secondary N) is 3. The van der Waals surface area contributed by atoms with E-state index < -0.39 is 42.2 Å². The molecule has 4 N–H and O–H groups in total. The molecule has 0 saturated carbocycles. The third-order valence-corrected chi connectivity index (χ3v) is 9.53. The Balaban J connectivity index is 1.44. The zero-order chi connectivity index (χ0) is 41.4. The number of hydrogen-bond acceptors (Lipinski definition) is 8. The van der Waals surface area contributed by atoms with Crippen LogP contribution in [0.15, 0.2) is 85.2 Å². The van der Waals surface area contributed by atoms with Crippen molar-refractivity contribution in [2.24, 2.45) is 0 Å². The van der Waals surface area contributed by atoms with Crippen LogP contribution < -0.4 is 20.7 Å². The summed E-state index contributed by atoms with van der Waals surface area (Å²) >= 11 is 0. The summed E-state index contributed by atoms with van der Waals surface area (Å²) < 4.78 is 5.90. The number of carboxylic acids is 1. The van der Waals surface area contributed by atoms with Crippen LogP contribution in [-0.2, 0) is 26.2 Å². The van der Waals surface area contributed by atoms with Gasteiger partial charge in [0.1, 0.15) is 17.8 Å². The van der Waals surface area contributed by atoms with Crippen molar-refractivity contribution in [2.45, 2.75) is 90.1 Å². The summed E-state index contributed by atoms with van der Waals surface area (Å²) in [5.74, 6) is -1.74. The molecule has 0 aliphatic rings. The molecule has 0 spiro atoms. The zero-order valence-corrected chi connectivity index (χ0v) is 34.1. The van der Waals surface area contributed by atoms with Gasteiger partial charge in [-0.2, -0.15) is 0 Å². The van der Waals surface area contributed by atoms with E-state index >= 15 is 0 Å². The van der Waals surface area contributed by atoms with E-state index in [4.69, 9.17) is 4.74 Å². The average Bonchev–Trinajstić information content (AvgIpc) is 3.18. The molecule has 0 saturated heterocycles. The van der Waals surface area contributed by atoms with Gasteiger partial charge >= 0.3 is 5.97 Å². The number of ether oxygens (including phenoxy) is 1. The molecule has 0 unspecified atom stereocenters. The number of aromatic nitrogens is 2. The summed E-state index contributed by atoms with van der Waals surface area (Å²) in [7, 11) is 3.71. The first-order valence-electron chi connectivity index (χ1n) is 19.7. The Hall–Kier alpha value is -5.62. The largest absolute Gasteiger partial charge is 0.494 e. The van der Waals surface area contributed by atoms with E-state index in [1.54, 1.807) is 24.5 Å². The van der Waals surface area contributed by atoms with E-state index in [1.165, 1.54) is 25.7 Å². The number of unbranched alkanes of at least 4 members (excludes halogenated alkanes) is 4. The number of carboxylic acid groups (broad SMARTS) is 1. The number of hydrogen-bond donors (Lipinski definition) is 4. The van der Waals surface area contributed by atoms with E-state index in [0.29, 0.717) is 36.6 Å². The number of aliphatic carboxylic acids is 1. The van der Waals surface area contributed by atoms with Crippen molar-refractivity contribution in [2.75, 3.05) is 33.8 Å². The minimum Gasteiger partial charge on any atom is -0.494 e. The molecule has 12 nitrogen and oxygen atoms in total. The summed E-state index contributed by atoms with van der Waals surface area (Å²) in [6.45, 7) is 10.0. The molecule has 4 rings (SSSR count). The molecule has 0 fully saturated rings. The van der Waals surface area contributed by atoms with Gasteiger partial charge in [-0.15, -0.1) is 0 Å². The van der Waals surface area contributed by atoms with Gasteiger partial charge in [-0.3, -0.25) is 14.4 Å². The van der Waals surface area contributed by atoms with Crippen LogP contribution in [0.4, 0.5) is 0 Å². The van der Waals surface area contributed by atoms with Gasteiger partial charge in [-0.1, -0.05) is 102 Å². The highest BCUT2D eigenvalue weighted by molar-refractivity contribution is 5.98. The smallest absolute Gasteiger partial charge is 0.326 e. The van der Waals surface area contributed by atoms with Gasteiger partial charge < -0.3 is 30.7 Å². The highest BCUT2D eigenvalue weighted by Gasteiger charge is 2.29. The molecule has 3 aromatic carbocycles. The first-order chi connectivity index (χ1) is 27.2. The SMILES string of the molecule is CCCCCCCOc1ccc(-c2cnc(-c3ccc(C[C@H](NC(=O)c4ccc(C(C)(C)C)cc4)C(=O)N[C@@H](CC(=O)NCCN(C)C)C(=O)O)cc3)nc2)cc1. The van der Waals surface area contributed by atoms with Crippen LogP contribution in [0.3, 0.4) is 0 Å². The zero-order valence-electron chi connectivity index (χ0n) is 34.1. The lowest BCUT2D eigenvalue weighted by molar-refractivity contribution is -0.143. The standard InChI is InChI=1S/C45H58N6O6/c1-7-8-9-10-11-26-57-37-22-18-32(19-23-37)35-29-47-41(48-30-35)33-14-12-31(13-15-33)27-38(49-42(53)34-16-20-36(21-17-34)45(2,3)4)43(54)50-39(44(55)56)28-40(52)46-24-25-51(5)6/h12-23,29-30,38-39H,7-11,24-28H2,1-6H3,(H,46,52)(H,49,53)(H,50,54)(H,55,56)/t38-,39-/m0/s1. The van der Waals surface area contributed by atoms with Crippen molar-refractivity contribution in [1.82, 2.24) is 30.8 Å². The Kier molecular flexibility index (Phi) is 16.7. The molecule has 2 atom stereocenters. The summed E-state index contributed by atoms with van der Waals surface area (Å²) in [5, 5.41) is 17.8. The molecule has 304 valence electrons. The Labute approximate surface area is 336 Å². The van der Waals surface area contributed by atoms with Gasteiger partial charge in [0.2, 0.25) is 11.8 Å². The van der Waals surface area contributed by atoms with Crippen molar-refractivity contribution in [3.8, 4) is 28.3 Å². The van der Waals surface area contributed by atoms with Crippen molar-refractivity contribution in [1.29, 1.82) is 0 Å². The molecule has 1 aromatic heterocycles. The number of likely N-dealkylation sites (N-methyl/N-ethyl adjacent to an activating group) is 1. The van der Waals surface area contributed by atoms with Crippen LogP contribution in [0.5, 0.6) is 5.75 Å². The first kappa shape index (κ1) is 44.1. The number of rotatable bonds is 21. The fourth-order valence-corrected chi connectivity index (χ4v) is 6.01. The molecule has 0 aliphatic carbocycles. The van der Waals surface area contributed by atoms with Crippen molar-refractivity contribution in [3.05, 3.63) is 102 Å². The second-order valence-electron chi connectivity index (χ2n) is 15.6. The number of carbonyl (C=O) groups excluding carboxylic acids is 3. The molecule has 0 aliphatic heterocycles. The minimum atomic E-state index is -1.50. The Morgan fingerprint density at radius 1 is 0.772 bits per heavy atom. The molecule has 57 heavy (non-hydrogen) atoms. The second kappa shape index (κ2) is 21.6. The number of benzene rings is 3. The normalized spacial score (nSPS) is 12.4. The maximum Gasteiger partial charge on any atom is 0.326 e. The van der Waals surface area contributed by atoms with E-state index in [0.717, 1.165) is 34.4 Å².